The van der Waals surface area contributed by atoms with E-state index in [4.69, 9.17) is 11.6 Å². The van der Waals surface area contributed by atoms with Crippen molar-refractivity contribution in [3.05, 3.63) is 101 Å². The summed E-state index contributed by atoms with van der Waals surface area (Å²) in [5.74, 6) is -2.02. The van der Waals surface area contributed by atoms with E-state index in [0.717, 1.165) is 22.3 Å². The van der Waals surface area contributed by atoms with Gasteiger partial charge in [0.05, 0.1) is 17.5 Å². The molecule has 152 valence electrons. The molecule has 2 amide bonds. The predicted octanol–water partition coefficient (Wildman–Crippen LogP) is 4.64. The van der Waals surface area contributed by atoms with Crippen molar-refractivity contribution in [3.8, 4) is 0 Å². The molecule has 3 aromatic carbocycles. The number of carbonyl (C=O) groups excluding carboxylic acids is 3. The molecule has 7 rings (SSSR count). The van der Waals surface area contributed by atoms with Crippen molar-refractivity contribution in [2.75, 3.05) is 4.90 Å². The average molecular weight is 428 g/mol. The Morgan fingerprint density at radius 3 is 1.94 bits per heavy atom. The van der Waals surface area contributed by atoms with Crippen molar-refractivity contribution in [3.63, 3.8) is 0 Å². The summed E-state index contributed by atoms with van der Waals surface area (Å²) in [7, 11) is 0. The van der Waals surface area contributed by atoms with Crippen LogP contribution in [-0.2, 0) is 14.5 Å². The standard InChI is InChI=1S/C26H18ClNO3/c1-14(29)15-10-12-16(13-11-15)28-24(30)22-21-17-6-2-4-8-19(17)26(27,23(22)25(28)31)20-9-5-3-7-18(20)21/h2-13,21-23H,1H3/t21?,22-,23+,26?/m0/s1. The van der Waals surface area contributed by atoms with Crippen LogP contribution in [0, 0.1) is 11.8 Å². The minimum Gasteiger partial charge on any atom is -0.295 e. The zero-order valence-electron chi connectivity index (χ0n) is 16.7. The van der Waals surface area contributed by atoms with Gasteiger partial charge < -0.3 is 0 Å². The van der Waals surface area contributed by atoms with Gasteiger partial charge in [0.1, 0.15) is 4.87 Å². The molecule has 2 bridgehead atoms. The Bertz CT molecular complexity index is 1250. The number of Topliss-reactive ketones (excluding diaryl/α,β-unsaturated/α-hetero) is 1. The molecule has 0 aromatic heterocycles. The topological polar surface area (TPSA) is 54.5 Å². The summed E-state index contributed by atoms with van der Waals surface area (Å²) in [6.45, 7) is 1.49. The lowest BCUT2D eigenvalue weighted by Crippen LogP contribution is -2.50. The zero-order chi connectivity index (χ0) is 21.5. The average Bonchev–Trinajstić information content (AvgIpc) is 3.06. The quantitative estimate of drug-likeness (QED) is 0.340. The number of anilines is 1. The Morgan fingerprint density at radius 1 is 0.839 bits per heavy atom. The first-order valence-corrected chi connectivity index (χ1v) is 10.7. The SMILES string of the molecule is CC(=O)c1ccc(N2C(=O)[C@H]3C4c5ccccc5C(Cl)(c5ccccc54)[C@H]3C2=O)cc1. The molecule has 1 heterocycles. The second-order valence-corrected chi connectivity index (χ2v) is 9.08. The van der Waals surface area contributed by atoms with Gasteiger partial charge in [0, 0.05) is 11.5 Å². The minimum atomic E-state index is -1.09. The summed E-state index contributed by atoms with van der Waals surface area (Å²) < 4.78 is 0. The first kappa shape index (κ1) is 18.5. The number of amides is 2. The number of hydrogen-bond acceptors (Lipinski definition) is 3. The van der Waals surface area contributed by atoms with E-state index in [1.165, 1.54) is 11.8 Å². The minimum absolute atomic E-state index is 0.0667. The Kier molecular flexibility index (Phi) is 3.67. The van der Waals surface area contributed by atoms with E-state index in [1.54, 1.807) is 24.3 Å². The van der Waals surface area contributed by atoms with Crippen molar-refractivity contribution in [2.24, 2.45) is 11.8 Å². The second kappa shape index (κ2) is 6.14. The molecule has 0 unspecified atom stereocenters. The van der Waals surface area contributed by atoms with Crippen LogP contribution in [0.3, 0.4) is 0 Å². The lowest BCUT2D eigenvalue weighted by Gasteiger charge is -2.50. The van der Waals surface area contributed by atoms with Gasteiger partial charge in [-0.25, -0.2) is 4.90 Å². The Balaban J connectivity index is 1.55. The molecule has 0 N–H and O–H groups in total. The van der Waals surface area contributed by atoms with Crippen LogP contribution in [0.25, 0.3) is 0 Å². The third-order valence-corrected chi connectivity index (χ3v) is 7.69. The molecule has 3 aromatic rings. The van der Waals surface area contributed by atoms with E-state index in [2.05, 4.69) is 0 Å². The van der Waals surface area contributed by atoms with Crippen molar-refractivity contribution in [1.29, 1.82) is 0 Å². The molecule has 4 aliphatic rings. The summed E-state index contributed by atoms with van der Waals surface area (Å²) in [6.07, 6.45) is 0. The van der Waals surface area contributed by atoms with E-state index in [-0.39, 0.29) is 23.5 Å². The van der Waals surface area contributed by atoms with Crippen molar-refractivity contribution in [2.45, 2.75) is 17.7 Å². The molecule has 1 fully saturated rings. The van der Waals surface area contributed by atoms with Crippen LogP contribution in [0.15, 0.2) is 72.8 Å². The maximum absolute atomic E-state index is 13.7. The number of carbonyl (C=O) groups is 3. The lowest BCUT2D eigenvalue weighted by molar-refractivity contribution is -0.122. The molecular weight excluding hydrogens is 410 g/mol. The van der Waals surface area contributed by atoms with Gasteiger partial charge in [-0.3, -0.25) is 14.4 Å². The highest BCUT2D eigenvalue weighted by molar-refractivity contribution is 6.33. The highest BCUT2D eigenvalue weighted by atomic mass is 35.5. The summed E-state index contributed by atoms with van der Waals surface area (Å²) in [6, 6.07) is 22.4. The fraction of sp³-hybridized carbons (Fsp3) is 0.192. The fourth-order valence-corrected chi connectivity index (χ4v) is 6.35. The Labute approximate surface area is 184 Å². The molecule has 2 atom stereocenters. The van der Waals surface area contributed by atoms with Crippen LogP contribution in [0.1, 0.15) is 45.5 Å². The normalized spacial score (nSPS) is 27.7. The third kappa shape index (κ3) is 2.18. The predicted molar refractivity (Wildman–Crippen MR) is 117 cm³/mol. The molecule has 31 heavy (non-hydrogen) atoms. The van der Waals surface area contributed by atoms with Crippen LogP contribution >= 0.6 is 11.6 Å². The first-order valence-electron chi connectivity index (χ1n) is 10.3. The molecular formula is C26H18ClNO3. The molecule has 0 spiro atoms. The number of benzene rings is 3. The van der Waals surface area contributed by atoms with Gasteiger partial charge in [-0.2, -0.15) is 0 Å². The van der Waals surface area contributed by atoms with Crippen LogP contribution in [0.5, 0.6) is 0 Å². The summed E-state index contributed by atoms with van der Waals surface area (Å²) in [5.41, 5.74) is 4.88. The number of halogens is 1. The van der Waals surface area contributed by atoms with Gasteiger partial charge in [0.15, 0.2) is 5.78 Å². The van der Waals surface area contributed by atoms with Gasteiger partial charge in [0.2, 0.25) is 11.8 Å². The summed E-state index contributed by atoms with van der Waals surface area (Å²) in [4.78, 5) is 39.2. The van der Waals surface area contributed by atoms with E-state index < -0.39 is 16.7 Å². The van der Waals surface area contributed by atoms with E-state index >= 15 is 0 Å². The van der Waals surface area contributed by atoms with Crippen molar-refractivity contribution >= 4 is 34.9 Å². The highest BCUT2D eigenvalue weighted by Crippen LogP contribution is 2.65. The number of rotatable bonds is 2. The van der Waals surface area contributed by atoms with Crippen LogP contribution in [0.4, 0.5) is 5.69 Å². The van der Waals surface area contributed by atoms with E-state index in [0.29, 0.717) is 11.3 Å². The zero-order valence-corrected chi connectivity index (χ0v) is 17.5. The van der Waals surface area contributed by atoms with E-state index in [9.17, 15) is 14.4 Å². The Hall–Kier alpha value is -3.24. The number of nitrogens with zero attached hydrogens (tertiary/aromatic N) is 1. The monoisotopic (exact) mass is 427 g/mol. The molecule has 1 aliphatic heterocycles. The first-order chi connectivity index (χ1) is 14.9. The number of alkyl halides is 1. The van der Waals surface area contributed by atoms with Crippen molar-refractivity contribution in [1.82, 2.24) is 0 Å². The summed E-state index contributed by atoms with van der Waals surface area (Å²) in [5, 5.41) is 0. The maximum atomic E-state index is 13.7. The number of ketones is 1. The molecule has 1 saturated heterocycles. The van der Waals surface area contributed by atoms with Crippen LogP contribution < -0.4 is 4.90 Å². The second-order valence-electron chi connectivity index (χ2n) is 8.48. The third-order valence-electron chi connectivity index (χ3n) is 7.05. The lowest BCUT2D eigenvalue weighted by atomic mass is 9.54. The highest BCUT2D eigenvalue weighted by Gasteiger charge is 2.67. The fourth-order valence-electron chi connectivity index (χ4n) is 5.78. The van der Waals surface area contributed by atoms with Crippen molar-refractivity contribution < 1.29 is 14.4 Å². The van der Waals surface area contributed by atoms with Crippen LogP contribution in [-0.4, -0.2) is 17.6 Å². The van der Waals surface area contributed by atoms with Gasteiger partial charge >= 0.3 is 0 Å². The van der Waals surface area contributed by atoms with Gasteiger partial charge in [-0.1, -0.05) is 48.5 Å². The number of imide groups is 1. The smallest absolute Gasteiger partial charge is 0.240 e. The van der Waals surface area contributed by atoms with E-state index in [1.807, 2.05) is 48.5 Å². The largest absolute Gasteiger partial charge is 0.295 e. The van der Waals surface area contributed by atoms with Crippen LogP contribution in [0.2, 0.25) is 0 Å². The molecule has 0 radical (unpaired) electrons. The van der Waals surface area contributed by atoms with Gasteiger partial charge in [-0.05, 0) is 53.4 Å². The molecule has 4 nitrogen and oxygen atoms in total. The molecule has 0 saturated carbocycles. The molecule has 5 heteroatoms. The number of hydrogen-bond donors (Lipinski definition) is 0. The van der Waals surface area contributed by atoms with Gasteiger partial charge in [-0.15, -0.1) is 11.6 Å². The Morgan fingerprint density at radius 2 is 1.39 bits per heavy atom. The molecule has 3 aliphatic carbocycles. The summed E-state index contributed by atoms with van der Waals surface area (Å²) >= 11 is 7.39. The maximum Gasteiger partial charge on any atom is 0.240 e. The van der Waals surface area contributed by atoms with Gasteiger partial charge in [0.25, 0.3) is 0 Å².